The molecule has 91 valence electrons. The van der Waals surface area contributed by atoms with Crippen molar-refractivity contribution >= 4 is 12.1 Å². The first-order valence-electron chi connectivity index (χ1n) is 6.23. The number of aryl methyl sites for hydroxylation is 1. The SMILES string of the molecule is O=[C]CCCCCC(=O)CCc1ccccc1. The molecule has 0 amide bonds. The molecule has 1 aromatic carbocycles. The minimum absolute atomic E-state index is 0.323. The van der Waals surface area contributed by atoms with Crippen LogP contribution in [-0.4, -0.2) is 12.1 Å². The Morgan fingerprint density at radius 2 is 1.76 bits per heavy atom. The van der Waals surface area contributed by atoms with Gasteiger partial charge in [-0.3, -0.25) is 9.59 Å². The molecular formula is C15H19O2. The highest BCUT2D eigenvalue weighted by atomic mass is 16.1. The molecule has 0 heterocycles. The third kappa shape index (κ3) is 6.67. The van der Waals surface area contributed by atoms with Gasteiger partial charge in [0.05, 0.1) is 0 Å². The summed E-state index contributed by atoms with van der Waals surface area (Å²) < 4.78 is 0. The summed E-state index contributed by atoms with van der Waals surface area (Å²) in [5.74, 6) is 0.323. The lowest BCUT2D eigenvalue weighted by Crippen LogP contribution is -2.00. The van der Waals surface area contributed by atoms with E-state index in [1.54, 1.807) is 0 Å². The van der Waals surface area contributed by atoms with Crippen LogP contribution >= 0.6 is 0 Å². The Labute approximate surface area is 103 Å². The molecule has 0 saturated carbocycles. The fourth-order valence-electron chi connectivity index (χ4n) is 1.75. The third-order valence-electron chi connectivity index (χ3n) is 2.77. The van der Waals surface area contributed by atoms with Gasteiger partial charge < -0.3 is 0 Å². The molecule has 1 aromatic rings. The number of unbranched alkanes of at least 4 members (excludes halogenated alkanes) is 3. The number of benzene rings is 1. The van der Waals surface area contributed by atoms with Crippen molar-refractivity contribution < 1.29 is 9.59 Å². The number of carbonyl (C=O) groups excluding carboxylic acids is 2. The molecule has 0 saturated heterocycles. The molecule has 1 rings (SSSR count). The van der Waals surface area contributed by atoms with Crippen LogP contribution in [0.15, 0.2) is 30.3 Å². The lowest BCUT2D eigenvalue weighted by molar-refractivity contribution is -0.119. The number of carbonyl (C=O) groups is 1. The molecule has 0 fully saturated rings. The largest absolute Gasteiger partial charge is 0.300 e. The van der Waals surface area contributed by atoms with Gasteiger partial charge in [-0.25, -0.2) is 0 Å². The molecule has 1 radical (unpaired) electrons. The maximum atomic E-state index is 11.6. The van der Waals surface area contributed by atoms with Gasteiger partial charge in [-0.15, -0.1) is 0 Å². The summed E-state index contributed by atoms with van der Waals surface area (Å²) >= 11 is 0. The minimum atomic E-state index is 0.323. The maximum absolute atomic E-state index is 11.6. The summed E-state index contributed by atoms with van der Waals surface area (Å²) in [6.07, 6.45) is 7.18. The second-order valence-electron chi connectivity index (χ2n) is 4.23. The lowest BCUT2D eigenvalue weighted by atomic mass is 10.0. The van der Waals surface area contributed by atoms with Crippen molar-refractivity contribution in [1.29, 1.82) is 0 Å². The fraction of sp³-hybridized carbons (Fsp3) is 0.467. The van der Waals surface area contributed by atoms with E-state index in [-0.39, 0.29) is 0 Å². The fourth-order valence-corrected chi connectivity index (χ4v) is 1.75. The van der Waals surface area contributed by atoms with Crippen molar-refractivity contribution in [2.75, 3.05) is 0 Å². The summed E-state index contributed by atoms with van der Waals surface area (Å²) in [6, 6.07) is 10.1. The number of hydrogen-bond donors (Lipinski definition) is 0. The zero-order valence-electron chi connectivity index (χ0n) is 10.2. The second kappa shape index (κ2) is 8.68. The van der Waals surface area contributed by atoms with Crippen LogP contribution in [0.25, 0.3) is 0 Å². The van der Waals surface area contributed by atoms with Crippen molar-refractivity contribution in [3.63, 3.8) is 0 Å². The average Bonchev–Trinajstić information content (AvgIpc) is 2.37. The highest BCUT2D eigenvalue weighted by Gasteiger charge is 2.02. The molecule has 0 atom stereocenters. The van der Waals surface area contributed by atoms with Crippen LogP contribution in [0, 0.1) is 0 Å². The van der Waals surface area contributed by atoms with Crippen molar-refractivity contribution in [1.82, 2.24) is 0 Å². The minimum Gasteiger partial charge on any atom is -0.300 e. The summed E-state index contributed by atoms with van der Waals surface area (Å²) in [5, 5.41) is 0. The van der Waals surface area contributed by atoms with Crippen molar-refractivity contribution in [3.05, 3.63) is 35.9 Å². The van der Waals surface area contributed by atoms with Crippen molar-refractivity contribution in [3.8, 4) is 0 Å². The van der Waals surface area contributed by atoms with Crippen molar-refractivity contribution in [2.45, 2.75) is 44.9 Å². The van der Waals surface area contributed by atoms with E-state index in [0.29, 0.717) is 25.0 Å². The highest BCUT2D eigenvalue weighted by molar-refractivity contribution is 5.78. The smallest absolute Gasteiger partial charge is 0.198 e. The molecule has 17 heavy (non-hydrogen) atoms. The number of Topliss-reactive ketones (excluding diaryl/α,β-unsaturated/α-hetero) is 1. The van der Waals surface area contributed by atoms with E-state index in [0.717, 1.165) is 25.7 Å². The molecule has 0 bridgehead atoms. The zero-order valence-corrected chi connectivity index (χ0v) is 10.2. The summed E-state index contributed by atoms with van der Waals surface area (Å²) in [7, 11) is 0. The first-order chi connectivity index (χ1) is 8.33. The Bertz CT molecular complexity index is 330. The van der Waals surface area contributed by atoms with Gasteiger partial charge in [0.15, 0.2) is 6.29 Å². The normalized spacial score (nSPS) is 10.1. The third-order valence-corrected chi connectivity index (χ3v) is 2.77. The zero-order chi connectivity index (χ0) is 12.3. The molecule has 0 unspecified atom stereocenters. The van der Waals surface area contributed by atoms with Crippen LogP contribution in [0.1, 0.15) is 44.1 Å². The van der Waals surface area contributed by atoms with Gasteiger partial charge in [0, 0.05) is 19.3 Å². The molecule has 0 spiro atoms. The van der Waals surface area contributed by atoms with Crippen molar-refractivity contribution in [2.24, 2.45) is 0 Å². The van der Waals surface area contributed by atoms with Crippen LogP contribution in [0.4, 0.5) is 0 Å². The Morgan fingerprint density at radius 1 is 1.00 bits per heavy atom. The summed E-state index contributed by atoms with van der Waals surface area (Å²) in [4.78, 5) is 21.5. The monoisotopic (exact) mass is 231 g/mol. The first-order valence-corrected chi connectivity index (χ1v) is 6.23. The van der Waals surface area contributed by atoms with Gasteiger partial charge in [0.25, 0.3) is 0 Å². The molecule has 0 aliphatic heterocycles. The van der Waals surface area contributed by atoms with E-state index in [9.17, 15) is 9.59 Å². The molecule has 0 aliphatic carbocycles. The Kier molecular flexibility index (Phi) is 6.96. The summed E-state index contributed by atoms with van der Waals surface area (Å²) in [6.45, 7) is 0. The van der Waals surface area contributed by atoms with E-state index in [4.69, 9.17) is 0 Å². The quantitative estimate of drug-likeness (QED) is 0.611. The molecule has 0 aliphatic rings. The predicted octanol–water partition coefficient (Wildman–Crippen LogP) is 3.25. The van der Waals surface area contributed by atoms with E-state index in [1.165, 1.54) is 5.56 Å². The Morgan fingerprint density at radius 3 is 2.47 bits per heavy atom. The standard InChI is InChI=1S/C15H19O2/c16-13-7-2-1-6-10-15(17)12-11-14-8-4-3-5-9-14/h3-5,8-9H,1-2,6-7,10-12H2. The first kappa shape index (κ1) is 13.6. The number of ketones is 1. The number of rotatable bonds is 9. The average molecular weight is 231 g/mol. The molecule has 0 N–H and O–H groups in total. The second-order valence-corrected chi connectivity index (χ2v) is 4.23. The maximum Gasteiger partial charge on any atom is 0.198 e. The highest BCUT2D eigenvalue weighted by Crippen LogP contribution is 2.07. The van der Waals surface area contributed by atoms with Gasteiger partial charge in [-0.2, -0.15) is 0 Å². The van der Waals surface area contributed by atoms with E-state index in [2.05, 4.69) is 0 Å². The summed E-state index contributed by atoms with van der Waals surface area (Å²) in [5.41, 5.74) is 1.22. The van der Waals surface area contributed by atoms with Gasteiger partial charge in [0.1, 0.15) is 5.78 Å². The van der Waals surface area contributed by atoms with Gasteiger partial charge in [-0.05, 0) is 24.8 Å². The molecule has 2 heteroatoms. The number of hydrogen-bond acceptors (Lipinski definition) is 2. The van der Waals surface area contributed by atoms with Gasteiger partial charge >= 0.3 is 0 Å². The Balaban J connectivity index is 2.07. The molecular weight excluding hydrogens is 212 g/mol. The van der Waals surface area contributed by atoms with Crippen LogP contribution in [0.3, 0.4) is 0 Å². The molecule has 2 nitrogen and oxygen atoms in total. The van der Waals surface area contributed by atoms with Crippen LogP contribution in [0.2, 0.25) is 0 Å². The topological polar surface area (TPSA) is 34.1 Å². The van der Waals surface area contributed by atoms with Gasteiger partial charge in [0.2, 0.25) is 0 Å². The van der Waals surface area contributed by atoms with Crippen LogP contribution in [0.5, 0.6) is 0 Å². The van der Waals surface area contributed by atoms with Gasteiger partial charge in [-0.1, -0.05) is 36.8 Å². The molecule has 0 aromatic heterocycles. The van der Waals surface area contributed by atoms with Crippen LogP contribution in [-0.2, 0) is 16.0 Å². The Hall–Kier alpha value is -1.44. The van der Waals surface area contributed by atoms with E-state index < -0.39 is 0 Å². The predicted molar refractivity (Wildman–Crippen MR) is 68.5 cm³/mol. The van der Waals surface area contributed by atoms with E-state index >= 15 is 0 Å². The van der Waals surface area contributed by atoms with E-state index in [1.807, 2.05) is 36.6 Å². The van der Waals surface area contributed by atoms with Crippen LogP contribution < -0.4 is 0 Å². The lowest BCUT2D eigenvalue weighted by Gasteiger charge is -2.01.